The largest absolute Gasteiger partial charge is 0.458 e. The summed E-state index contributed by atoms with van der Waals surface area (Å²) < 4.78 is 101. The van der Waals surface area contributed by atoms with Gasteiger partial charge in [0.15, 0.2) is 5.60 Å². The van der Waals surface area contributed by atoms with Crippen LogP contribution in [0.15, 0.2) is 46.7 Å². The van der Waals surface area contributed by atoms with Gasteiger partial charge in [-0.05, 0) is 95.4 Å². The van der Waals surface area contributed by atoms with E-state index in [0.717, 1.165) is 11.8 Å². The van der Waals surface area contributed by atoms with Crippen molar-refractivity contribution in [3.63, 3.8) is 0 Å². The zero-order chi connectivity index (χ0) is 78.2. The number of sulfone groups is 1. The Kier molecular flexibility index (Phi) is 34.9. The Bertz CT molecular complexity index is 3990. The topological polar surface area (TPSA) is 439 Å². The van der Waals surface area contributed by atoms with Crippen LogP contribution in [0.25, 0.3) is 33.5 Å². The number of unbranched alkanes of at least 4 members (excludes halogenated alkanes) is 1. The molecule has 0 unspecified atom stereocenters. The standard InChI is InChI=1S/C71H102FN13O22S/c1-9-71(94)53-36-58-63-51(41-85(58)66(91)52(53)43-106-67(71)92)49(50-35-47(4)54(72)37-56(50)79-63)13-12-16-73-59(86)40-76-64(89)55(14-10-11-15-75-69(93)107-70(5,6)7)80-65(90)62(46(2)3)81-61(88)45-105-44-60(87)74-17-19-97-21-23-99-25-27-101-29-31-103-33-34-104-32-30-102-28-26-100-24-22-98-20-18-84-42-57(82-83-84)48-38-77-68(78-39-48)108(8,95)96/h35-39,42,46,55,62,94H,9-34,40-41,43-45H2,1-8H3,(H,73,86)(H,74,87)(H,75,93)(H,76,89)(H,80,90)(H,81,88)/t55-,62-,71-/m0/s1. The summed E-state index contributed by atoms with van der Waals surface area (Å²) in [6, 6.07) is 2.24. The molecule has 0 saturated heterocycles. The second-order valence-corrected chi connectivity index (χ2v) is 28.6. The maximum Gasteiger partial charge on any atom is 0.407 e. The van der Waals surface area contributed by atoms with E-state index in [2.05, 4.69) is 52.2 Å². The van der Waals surface area contributed by atoms with E-state index in [1.165, 1.54) is 23.0 Å². The molecule has 596 valence electrons. The molecule has 1 aromatic carbocycles. The van der Waals surface area contributed by atoms with Crippen molar-refractivity contribution in [3.8, 4) is 22.6 Å². The molecule has 3 atom stereocenters. The van der Waals surface area contributed by atoms with E-state index in [1.807, 2.05) is 0 Å². The minimum absolute atomic E-state index is 0.0444. The molecule has 0 saturated carbocycles. The summed E-state index contributed by atoms with van der Waals surface area (Å²) in [6.07, 6.45) is 6.32. The lowest BCUT2D eigenvalue weighted by Crippen LogP contribution is -2.56. The molecule has 37 heteroatoms. The number of aliphatic hydroxyl groups is 1. The molecule has 5 aromatic rings. The van der Waals surface area contributed by atoms with E-state index >= 15 is 4.39 Å². The number of nitrogens with one attached hydrogen (secondary N) is 6. The lowest BCUT2D eigenvalue weighted by Gasteiger charge is -2.31. The van der Waals surface area contributed by atoms with E-state index in [1.54, 1.807) is 71.5 Å². The van der Waals surface area contributed by atoms with Crippen molar-refractivity contribution >= 4 is 62.3 Å². The van der Waals surface area contributed by atoms with Crippen molar-refractivity contribution in [3.05, 3.63) is 80.8 Å². The van der Waals surface area contributed by atoms with E-state index < -0.39 is 112 Å². The van der Waals surface area contributed by atoms with Gasteiger partial charge in [-0.3, -0.25) is 28.8 Å². The summed E-state index contributed by atoms with van der Waals surface area (Å²) in [4.78, 5) is 118. The fourth-order valence-electron chi connectivity index (χ4n) is 11.2. The number of hydrogen-bond donors (Lipinski definition) is 7. The predicted molar refractivity (Wildman–Crippen MR) is 385 cm³/mol. The highest BCUT2D eigenvalue weighted by Gasteiger charge is 2.46. The number of rotatable bonds is 50. The van der Waals surface area contributed by atoms with Gasteiger partial charge in [0.25, 0.3) is 5.56 Å². The number of carbonyl (C=O) groups is 7. The number of fused-ring (bicyclic) bond motifs is 5. The lowest BCUT2D eigenvalue weighted by molar-refractivity contribution is -0.172. The maximum atomic E-state index is 15.1. The van der Waals surface area contributed by atoms with Crippen molar-refractivity contribution in [1.29, 1.82) is 0 Å². The highest BCUT2D eigenvalue weighted by molar-refractivity contribution is 7.90. The fourth-order valence-corrected chi connectivity index (χ4v) is 11.7. The second kappa shape index (κ2) is 43.5. The number of aromatic nitrogens is 7. The molecule has 108 heavy (non-hydrogen) atoms. The minimum atomic E-state index is -3.50. The zero-order valence-electron chi connectivity index (χ0n) is 62.6. The van der Waals surface area contributed by atoms with Crippen LogP contribution in [0, 0.1) is 18.7 Å². The third-order valence-corrected chi connectivity index (χ3v) is 17.7. The third kappa shape index (κ3) is 27.5. The van der Waals surface area contributed by atoms with Gasteiger partial charge in [0, 0.05) is 66.4 Å². The Morgan fingerprint density at radius 3 is 1.88 bits per heavy atom. The van der Waals surface area contributed by atoms with Gasteiger partial charge in [-0.2, -0.15) is 0 Å². The van der Waals surface area contributed by atoms with Gasteiger partial charge in [-0.25, -0.2) is 42.0 Å². The average Bonchev–Trinajstić information content (AvgIpc) is 1.52. The summed E-state index contributed by atoms with van der Waals surface area (Å²) in [7, 11) is -3.50. The number of benzene rings is 1. The quantitative estimate of drug-likeness (QED) is 0.0161. The molecule has 0 radical (unpaired) electrons. The smallest absolute Gasteiger partial charge is 0.407 e. The van der Waals surface area contributed by atoms with Crippen molar-refractivity contribution in [2.24, 2.45) is 5.92 Å². The minimum Gasteiger partial charge on any atom is -0.458 e. The first-order chi connectivity index (χ1) is 51.7. The van der Waals surface area contributed by atoms with Crippen LogP contribution in [0.5, 0.6) is 0 Å². The number of alkyl carbamates (subject to hydrolysis) is 1. The number of cyclic esters (lactones) is 1. The van der Waals surface area contributed by atoms with Crippen molar-refractivity contribution < 1.29 is 104 Å². The van der Waals surface area contributed by atoms with Gasteiger partial charge in [-0.15, -0.1) is 5.10 Å². The summed E-state index contributed by atoms with van der Waals surface area (Å²) in [5.74, 6) is -5.00. The van der Waals surface area contributed by atoms with Crippen LogP contribution in [0.3, 0.4) is 0 Å². The molecular formula is C71H102FN13O22S. The van der Waals surface area contributed by atoms with E-state index in [-0.39, 0.29) is 75.1 Å². The molecule has 2 aliphatic rings. The van der Waals surface area contributed by atoms with Crippen LogP contribution in [-0.4, -0.2) is 259 Å². The number of pyridine rings is 2. The maximum absolute atomic E-state index is 15.1. The number of aryl methyl sites for hydroxylation is 2. The number of amides is 6. The normalized spacial score (nSPS) is 14.5. The Morgan fingerprint density at radius 2 is 1.29 bits per heavy atom. The lowest BCUT2D eigenvalue weighted by atomic mass is 9.86. The van der Waals surface area contributed by atoms with Crippen LogP contribution < -0.4 is 37.5 Å². The van der Waals surface area contributed by atoms with E-state index in [0.29, 0.717) is 169 Å². The van der Waals surface area contributed by atoms with Crippen molar-refractivity contribution in [1.82, 2.24) is 66.4 Å². The predicted octanol–water partition coefficient (Wildman–Crippen LogP) is 1.43. The summed E-state index contributed by atoms with van der Waals surface area (Å²) >= 11 is 0. The van der Waals surface area contributed by atoms with E-state index in [4.69, 9.17) is 57.1 Å². The highest BCUT2D eigenvalue weighted by Crippen LogP contribution is 2.41. The molecule has 0 fully saturated rings. The molecule has 7 N–H and O–H groups in total. The Morgan fingerprint density at radius 1 is 0.704 bits per heavy atom. The number of halogens is 1. The number of carbonyl (C=O) groups excluding carboxylic acids is 7. The number of hydrogen-bond acceptors (Lipinski definition) is 27. The molecule has 2 aliphatic heterocycles. The molecular weight excluding hydrogens is 1440 g/mol. The number of esters is 1. The summed E-state index contributed by atoms with van der Waals surface area (Å²) in [6.45, 7) is 16.8. The highest BCUT2D eigenvalue weighted by atomic mass is 32.2. The Balaban J connectivity index is 0.705. The molecule has 6 amide bonds. The first-order valence-corrected chi connectivity index (χ1v) is 37.8. The van der Waals surface area contributed by atoms with Gasteiger partial charge in [-0.1, -0.05) is 26.0 Å². The first kappa shape index (κ1) is 86.6. The SMILES string of the molecule is CC[C@@]1(O)C(=O)OCc2c1cc1n(c2=O)Cc2c-1nc1cc(F)c(C)cc1c2CCCNC(=O)CNC(=O)[C@H](CCCCNC(=O)OC(C)(C)C)NC(=O)[C@@H](NC(=O)COCC(=O)NCCOCCOCCOCCOCCOCCOCCOCCOCCn1cc(-c2cnc(S(C)(=O)=O)nc2)nn1)C(C)C. The first-order valence-electron chi connectivity index (χ1n) is 36.0. The third-order valence-electron chi connectivity index (χ3n) is 16.8. The average molecular weight is 1540 g/mol. The van der Waals surface area contributed by atoms with Crippen LogP contribution in [-0.2, 0) is 122 Å². The van der Waals surface area contributed by atoms with Gasteiger partial charge in [0.2, 0.25) is 44.5 Å². The van der Waals surface area contributed by atoms with Crippen LogP contribution in [0.1, 0.15) is 101 Å². The molecule has 4 aromatic heterocycles. The van der Waals surface area contributed by atoms with Crippen LogP contribution >= 0.6 is 0 Å². The summed E-state index contributed by atoms with van der Waals surface area (Å²) in [5, 5.41) is 35.9. The number of ether oxygens (including phenoxy) is 11. The van der Waals surface area contributed by atoms with Crippen molar-refractivity contribution in [2.75, 3.05) is 151 Å². The second-order valence-electron chi connectivity index (χ2n) is 26.7. The number of nitrogens with zero attached hydrogens (tertiary/aromatic N) is 7. The molecule has 0 aliphatic carbocycles. The molecule has 6 heterocycles. The Hall–Kier alpha value is -8.63. The van der Waals surface area contributed by atoms with Crippen LogP contribution in [0.4, 0.5) is 9.18 Å². The molecule has 0 spiro atoms. The van der Waals surface area contributed by atoms with E-state index in [9.17, 15) is 51.9 Å². The van der Waals surface area contributed by atoms with Gasteiger partial charge in [0.05, 0.1) is 154 Å². The van der Waals surface area contributed by atoms with Crippen molar-refractivity contribution in [2.45, 2.75) is 135 Å². The van der Waals surface area contributed by atoms with Gasteiger partial charge in [0.1, 0.15) is 49.0 Å². The Labute approximate surface area is 625 Å². The van der Waals surface area contributed by atoms with Crippen LogP contribution in [0.2, 0.25) is 0 Å². The molecule has 0 bridgehead atoms. The van der Waals surface area contributed by atoms with Gasteiger partial charge >= 0.3 is 12.1 Å². The van der Waals surface area contributed by atoms with Gasteiger partial charge < -0.3 is 93.7 Å². The molecule has 35 nitrogen and oxygen atoms in total. The fraction of sp³-hybridized carbons (Fsp3) is 0.620. The monoisotopic (exact) mass is 1540 g/mol. The zero-order valence-corrected chi connectivity index (χ0v) is 63.4. The molecule has 7 rings (SSSR count). The summed E-state index contributed by atoms with van der Waals surface area (Å²) in [5.41, 5.74) is 1.03.